The number of nitrogens with zero attached hydrogens (tertiary/aromatic N) is 2. The number of rotatable bonds is 7. The lowest BCUT2D eigenvalue weighted by Crippen LogP contribution is -2.44. The van der Waals surface area contributed by atoms with Crippen LogP contribution in [0.15, 0.2) is 40.1 Å². The molecule has 1 fully saturated rings. The van der Waals surface area contributed by atoms with E-state index in [1.165, 1.54) is 44.2 Å². The highest BCUT2D eigenvalue weighted by Gasteiger charge is 2.53. The third kappa shape index (κ3) is 4.76. The Bertz CT molecular complexity index is 1450. The molecule has 0 saturated carbocycles. The summed E-state index contributed by atoms with van der Waals surface area (Å²) in [6.45, 7) is 2.43. The molecule has 2 aromatic carbocycles. The minimum Gasteiger partial charge on any atom is -0.505 e. The maximum absolute atomic E-state index is 14.2. The molecule has 0 bridgehead atoms. The second kappa shape index (κ2) is 9.38. The number of carbonyl (C=O) groups is 1. The van der Waals surface area contributed by atoms with Crippen LogP contribution in [0.25, 0.3) is 0 Å². The van der Waals surface area contributed by atoms with Crippen molar-refractivity contribution in [1.82, 2.24) is 9.88 Å². The van der Waals surface area contributed by atoms with Gasteiger partial charge in [-0.3, -0.25) is 19.4 Å². The number of halogens is 3. The van der Waals surface area contributed by atoms with Gasteiger partial charge in [-0.1, -0.05) is 17.7 Å². The number of hydrogen-bond acceptors (Lipinski definition) is 8. The number of carbonyl (C=O) groups excluding carboxylic acids is 1. The summed E-state index contributed by atoms with van der Waals surface area (Å²) in [5.41, 5.74) is -2.85. The van der Waals surface area contributed by atoms with E-state index < -0.39 is 53.1 Å². The first-order valence-corrected chi connectivity index (χ1v) is 11.7. The van der Waals surface area contributed by atoms with Crippen LogP contribution in [-0.2, 0) is 4.74 Å². The Labute approximate surface area is 215 Å². The van der Waals surface area contributed by atoms with Gasteiger partial charge in [-0.25, -0.2) is 8.78 Å². The molecule has 1 saturated heterocycles. The fourth-order valence-corrected chi connectivity index (χ4v) is 4.64. The maximum atomic E-state index is 14.2. The number of alkyl halides is 2. The summed E-state index contributed by atoms with van der Waals surface area (Å²) >= 11 is 6.11. The van der Waals surface area contributed by atoms with Gasteiger partial charge in [0.1, 0.15) is 23.5 Å². The van der Waals surface area contributed by atoms with Crippen LogP contribution in [0.2, 0.25) is 5.02 Å². The van der Waals surface area contributed by atoms with Crippen LogP contribution in [0.3, 0.4) is 0 Å². The van der Waals surface area contributed by atoms with Crippen LogP contribution in [0.1, 0.15) is 41.0 Å². The lowest BCUT2D eigenvalue weighted by Gasteiger charge is -2.35. The predicted octanol–water partition coefficient (Wildman–Crippen LogP) is 3.76. The van der Waals surface area contributed by atoms with E-state index in [1.807, 2.05) is 0 Å². The number of ether oxygens (including phenoxy) is 1. The number of aromatic nitrogens is 1. The first kappa shape index (κ1) is 26.5. The number of phenols is 1. The molecule has 37 heavy (non-hydrogen) atoms. The average molecular weight is 535 g/mol. The highest BCUT2D eigenvalue weighted by Crippen LogP contribution is 2.46. The molecule has 196 valence electrons. The first-order valence-electron chi connectivity index (χ1n) is 11.3. The number of amides is 1. The van der Waals surface area contributed by atoms with Crippen molar-refractivity contribution >= 4 is 34.6 Å². The van der Waals surface area contributed by atoms with E-state index in [9.17, 15) is 28.3 Å². The number of hydrogen-bond donors (Lipinski definition) is 3. The van der Waals surface area contributed by atoms with Crippen molar-refractivity contribution in [1.29, 1.82) is 0 Å². The zero-order valence-electron chi connectivity index (χ0n) is 20.5. The van der Waals surface area contributed by atoms with Crippen LogP contribution in [0.5, 0.6) is 5.75 Å². The molecule has 3 N–H and O–H groups in total. The second-order valence-corrected chi connectivity index (χ2v) is 9.88. The quantitative estimate of drug-likeness (QED) is 0.309. The van der Waals surface area contributed by atoms with Crippen LogP contribution in [-0.4, -0.2) is 53.1 Å². The minimum atomic E-state index is -3.09. The Morgan fingerprint density at radius 1 is 1.22 bits per heavy atom. The van der Waals surface area contributed by atoms with E-state index in [4.69, 9.17) is 16.3 Å². The Balaban J connectivity index is 1.74. The van der Waals surface area contributed by atoms with Gasteiger partial charge in [0.2, 0.25) is 0 Å². The van der Waals surface area contributed by atoms with Crippen molar-refractivity contribution < 1.29 is 23.4 Å². The summed E-state index contributed by atoms with van der Waals surface area (Å²) in [4.78, 5) is 43.1. The number of aromatic hydroxyl groups is 1. The molecule has 2 heterocycles. The topological polar surface area (TPSA) is 121 Å². The number of anilines is 3. The maximum Gasteiger partial charge on any atom is 0.273 e. The lowest BCUT2D eigenvalue weighted by atomic mass is 9.87. The molecule has 1 aliphatic heterocycles. The van der Waals surface area contributed by atoms with Gasteiger partial charge in [0.05, 0.1) is 28.0 Å². The SMILES string of the molecule is Cc1cccnc1C(Nc1c(Nc2ccc(Cl)c(C(=O)N(C)C)c2O)c(=O)c1=O)C1(C)CC(F)(F)CO1. The van der Waals surface area contributed by atoms with Gasteiger partial charge in [0.25, 0.3) is 22.7 Å². The summed E-state index contributed by atoms with van der Waals surface area (Å²) in [7, 11) is 2.96. The monoisotopic (exact) mass is 534 g/mol. The number of nitrogens with one attached hydrogen (secondary N) is 2. The fourth-order valence-electron chi connectivity index (χ4n) is 4.40. The van der Waals surface area contributed by atoms with Crippen molar-refractivity contribution in [3.05, 3.63) is 72.8 Å². The van der Waals surface area contributed by atoms with E-state index in [0.717, 1.165) is 0 Å². The van der Waals surface area contributed by atoms with Crippen LogP contribution < -0.4 is 21.5 Å². The van der Waals surface area contributed by atoms with E-state index >= 15 is 0 Å². The Morgan fingerprint density at radius 2 is 1.89 bits per heavy atom. The summed E-state index contributed by atoms with van der Waals surface area (Å²) < 4.78 is 33.9. The molecule has 0 radical (unpaired) electrons. The smallest absolute Gasteiger partial charge is 0.273 e. The summed E-state index contributed by atoms with van der Waals surface area (Å²) in [5, 5.41) is 16.3. The second-order valence-electron chi connectivity index (χ2n) is 9.47. The zero-order valence-corrected chi connectivity index (χ0v) is 21.2. The van der Waals surface area contributed by atoms with E-state index in [0.29, 0.717) is 11.3 Å². The molecular weight excluding hydrogens is 510 g/mol. The molecule has 2 atom stereocenters. The number of aryl methyl sites for hydroxylation is 1. The molecule has 9 nitrogen and oxygen atoms in total. The molecule has 1 aliphatic rings. The van der Waals surface area contributed by atoms with Crippen LogP contribution >= 0.6 is 11.6 Å². The number of phenolic OH excluding ortho intramolecular Hbond substituents is 1. The van der Waals surface area contributed by atoms with Crippen LogP contribution in [0.4, 0.5) is 25.8 Å². The van der Waals surface area contributed by atoms with Gasteiger partial charge in [0, 0.05) is 26.7 Å². The molecule has 12 heteroatoms. The highest BCUT2D eigenvalue weighted by atomic mass is 35.5. The van der Waals surface area contributed by atoms with Crippen molar-refractivity contribution in [2.45, 2.75) is 37.8 Å². The average Bonchev–Trinajstić information content (AvgIpc) is 3.13. The predicted molar refractivity (Wildman–Crippen MR) is 135 cm³/mol. The van der Waals surface area contributed by atoms with Crippen molar-refractivity contribution in [3.63, 3.8) is 0 Å². The van der Waals surface area contributed by atoms with Gasteiger partial charge in [-0.05, 0) is 37.6 Å². The third-order valence-corrected chi connectivity index (χ3v) is 6.68. The number of benzene rings is 1. The molecule has 3 aromatic rings. The zero-order chi connectivity index (χ0) is 27.3. The normalized spacial score (nSPS) is 19.5. The molecule has 1 amide bonds. The molecule has 0 spiro atoms. The summed E-state index contributed by atoms with van der Waals surface area (Å²) in [5.74, 6) is -4.18. The fraction of sp³-hybridized carbons (Fsp3) is 0.360. The van der Waals surface area contributed by atoms with E-state index in [1.54, 1.807) is 19.1 Å². The Hall–Kier alpha value is -3.57. The summed E-state index contributed by atoms with van der Waals surface area (Å²) in [6.07, 6.45) is 0.851. The van der Waals surface area contributed by atoms with Gasteiger partial charge in [-0.2, -0.15) is 0 Å². The number of pyridine rings is 1. The largest absolute Gasteiger partial charge is 0.505 e. The van der Waals surface area contributed by atoms with Gasteiger partial charge >= 0.3 is 0 Å². The van der Waals surface area contributed by atoms with Crippen molar-refractivity contribution in [3.8, 4) is 5.75 Å². The van der Waals surface area contributed by atoms with Crippen molar-refractivity contribution in [2.75, 3.05) is 31.3 Å². The minimum absolute atomic E-state index is 0.0111. The van der Waals surface area contributed by atoms with Gasteiger partial charge in [-0.15, -0.1) is 0 Å². The van der Waals surface area contributed by atoms with E-state index in [2.05, 4.69) is 15.6 Å². The lowest BCUT2D eigenvalue weighted by molar-refractivity contribution is -0.0248. The molecule has 0 aliphatic carbocycles. The molecular formula is C25H25ClF2N4O5. The molecule has 1 aromatic heterocycles. The van der Waals surface area contributed by atoms with Crippen LogP contribution in [0, 0.1) is 6.92 Å². The molecule has 4 rings (SSSR count). The Kier molecular flexibility index (Phi) is 6.72. The third-order valence-electron chi connectivity index (χ3n) is 6.36. The highest BCUT2D eigenvalue weighted by molar-refractivity contribution is 6.34. The van der Waals surface area contributed by atoms with Gasteiger partial charge in [0.15, 0.2) is 5.75 Å². The molecule has 2 unspecified atom stereocenters. The van der Waals surface area contributed by atoms with Gasteiger partial charge < -0.3 is 25.4 Å². The summed E-state index contributed by atoms with van der Waals surface area (Å²) in [6, 6.07) is 5.10. The van der Waals surface area contributed by atoms with E-state index in [-0.39, 0.29) is 27.6 Å². The first-order chi connectivity index (χ1) is 17.3. The standard InChI is InChI=1S/C25H25ClF2N4O5/c1-12-6-5-9-29-16(12)22(24(2)10-25(27,28)11-37-24)31-18-17(20(34)21(18)35)30-14-8-7-13(26)15(19(14)33)23(36)32(3)4/h5-9,22,30-31,33H,10-11H2,1-4H3. The Morgan fingerprint density at radius 3 is 2.49 bits per heavy atom. The van der Waals surface area contributed by atoms with Crippen molar-refractivity contribution in [2.24, 2.45) is 0 Å².